The zero-order valence-electron chi connectivity index (χ0n) is 9.93. The molecule has 0 aromatic carbocycles. The highest BCUT2D eigenvalue weighted by atomic mass is 35.5. The van der Waals surface area contributed by atoms with Crippen LogP contribution in [0.25, 0.3) is 0 Å². The summed E-state index contributed by atoms with van der Waals surface area (Å²) in [7, 11) is 0. The summed E-state index contributed by atoms with van der Waals surface area (Å²) in [5.41, 5.74) is 0. The molecule has 1 aromatic rings. The van der Waals surface area contributed by atoms with Crippen molar-refractivity contribution >= 4 is 12.4 Å². The Morgan fingerprint density at radius 2 is 2.00 bits per heavy atom. The van der Waals surface area contributed by atoms with Gasteiger partial charge < -0.3 is 9.84 Å². The zero-order chi connectivity index (χ0) is 10.8. The lowest BCUT2D eigenvalue weighted by Crippen LogP contribution is -2.53. The van der Waals surface area contributed by atoms with Crippen LogP contribution in [0.2, 0.25) is 0 Å². The summed E-state index contributed by atoms with van der Waals surface area (Å²) < 4.78 is 5.11. The normalized spacial score (nSPS) is 26.4. The molecular weight excluding hydrogens is 228 g/mol. The largest absolute Gasteiger partial charge is 0.338 e. The maximum atomic E-state index is 5.11. The summed E-state index contributed by atoms with van der Waals surface area (Å²) in [6, 6.07) is 1.05. The highest BCUT2D eigenvalue weighted by Crippen LogP contribution is 2.08. The van der Waals surface area contributed by atoms with Gasteiger partial charge >= 0.3 is 0 Å². The minimum atomic E-state index is 0. The third-order valence-corrected chi connectivity index (χ3v) is 2.56. The molecule has 16 heavy (non-hydrogen) atoms. The monoisotopic (exact) mass is 246 g/mol. The van der Waals surface area contributed by atoms with E-state index in [1.807, 2.05) is 6.92 Å². The number of aromatic nitrogens is 2. The summed E-state index contributed by atoms with van der Waals surface area (Å²) in [4.78, 5) is 6.56. The van der Waals surface area contributed by atoms with Gasteiger partial charge in [0.05, 0.1) is 6.54 Å². The van der Waals surface area contributed by atoms with E-state index < -0.39 is 0 Å². The molecule has 0 spiro atoms. The van der Waals surface area contributed by atoms with Crippen LogP contribution in [0.15, 0.2) is 4.52 Å². The molecule has 1 fully saturated rings. The van der Waals surface area contributed by atoms with Gasteiger partial charge in [0.15, 0.2) is 5.82 Å². The van der Waals surface area contributed by atoms with Crippen molar-refractivity contribution < 1.29 is 4.52 Å². The van der Waals surface area contributed by atoms with Crippen LogP contribution in [0.5, 0.6) is 0 Å². The standard InChI is InChI=1S/C10H18N4O.ClH/c1-7-4-14(5-8(2)11-7)6-10-12-9(3)13-15-10;/h7-8,11H,4-6H2,1-3H3;1H. The lowest BCUT2D eigenvalue weighted by Gasteiger charge is -2.35. The molecule has 1 saturated heterocycles. The topological polar surface area (TPSA) is 54.2 Å². The molecular formula is C10H19ClN4O. The maximum absolute atomic E-state index is 5.11. The van der Waals surface area contributed by atoms with Crippen LogP contribution in [0, 0.1) is 6.92 Å². The summed E-state index contributed by atoms with van der Waals surface area (Å²) in [6.45, 7) is 9.06. The van der Waals surface area contributed by atoms with Gasteiger partial charge in [0, 0.05) is 25.2 Å². The molecule has 2 heterocycles. The molecule has 1 aliphatic rings. The minimum Gasteiger partial charge on any atom is -0.338 e. The first-order valence-electron chi connectivity index (χ1n) is 5.41. The molecule has 0 amide bonds. The van der Waals surface area contributed by atoms with Gasteiger partial charge in [-0.25, -0.2) is 0 Å². The Morgan fingerprint density at radius 1 is 1.38 bits per heavy atom. The van der Waals surface area contributed by atoms with Gasteiger partial charge in [0.1, 0.15) is 0 Å². The first-order valence-corrected chi connectivity index (χ1v) is 5.41. The van der Waals surface area contributed by atoms with Crippen LogP contribution in [0.3, 0.4) is 0 Å². The highest BCUT2D eigenvalue weighted by Gasteiger charge is 2.22. The van der Waals surface area contributed by atoms with Gasteiger partial charge in [-0.05, 0) is 20.8 Å². The number of hydrogen-bond donors (Lipinski definition) is 1. The number of nitrogens with zero attached hydrogens (tertiary/aromatic N) is 3. The van der Waals surface area contributed by atoms with E-state index in [-0.39, 0.29) is 12.4 Å². The van der Waals surface area contributed by atoms with E-state index in [0.717, 1.165) is 19.6 Å². The van der Waals surface area contributed by atoms with E-state index >= 15 is 0 Å². The number of hydrogen-bond acceptors (Lipinski definition) is 5. The second kappa shape index (κ2) is 5.61. The molecule has 0 bridgehead atoms. The molecule has 92 valence electrons. The lowest BCUT2D eigenvalue weighted by atomic mass is 10.1. The molecule has 1 N–H and O–H groups in total. The van der Waals surface area contributed by atoms with Crippen molar-refractivity contribution in [1.82, 2.24) is 20.4 Å². The van der Waals surface area contributed by atoms with E-state index in [2.05, 4.69) is 34.2 Å². The first-order chi connectivity index (χ1) is 7.13. The second-order valence-corrected chi connectivity index (χ2v) is 4.40. The van der Waals surface area contributed by atoms with Gasteiger partial charge in [-0.15, -0.1) is 12.4 Å². The summed E-state index contributed by atoms with van der Waals surface area (Å²) >= 11 is 0. The average Bonchev–Trinajstić information content (AvgIpc) is 2.49. The number of piperazine rings is 1. The van der Waals surface area contributed by atoms with Crippen LogP contribution in [-0.4, -0.2) is 40.2 Å². The van der Waals surface area contributed by atoms with Crippen molar-refractivity contribution in [2.45, 2.75) is 39.4 Å². The van der Waals surface area contributed by atoms with Gasteiger partial charge in [0.2, 0.25) is 5.89 Å². The molecule has 1 aromatic heterocycles. The van der Waals surface area contributed by atoms with Crippen molar-refractivity contribution in [1.29, 1.82) is 0 Å². The first kappa shape index (κ1) is 13.4. The van der Waals surface area contributed by atoms with Gasteiger partial charge in [-0.1, -0.05) is 5.16 Å². The van der Waals surface area contributed by atoms with E-state index in [1.165, 1.54) is 0 Å². The molecule has 0 saturated carbocycles. The predicted octanol–water partition coefficient (Wildman–Crippen LogP) is 0.982. The van der Waals surface area contributed by atoms with Crippen LogP contribution < -0.4 is 5.32 Å². The van der Waals surface area contributed by atoms with Crippen molar-refractivity contribution in [3.05, 3.63) is 11.7 Å². The fraction of sp³-hybridized carbons (Fsp3) is 0.800. The van der Waals surface area contributed by atoms with Gasteiger partial charge in [0.25, 0.3) is 0 Å². The zero-order valence-corrected chi connectivity index (χ0v) is 10.8. The maximum Gasteiger partial charge on any atom is 0.240 e. The number of aryl methyl sites for hydroxylation is 1. The van der Waals surface area contributed by atoms with Crippen LogP contribution in [0.1, 0.15) is 25.6 Å². The summed E-state index contributed by atoms with van der Waals surface area (Å²) in [5.74, 6) is 1.43. The fourth-order valence-electron chi connectivity index (χ4n) is 2.16. The third-order valence-electron chi connectivity index (χ3n) is 2.56. The SMILES string of the molecule is Cc1noc(CN2CC(C)NC(C)C2)n1.Cl. The minimum absolute atomic E-state index is 0. The van der Waals surface area contributed by atoms with E-state index in [1.54, 1.807) is 0 Å². The quantitative estimate of drug-likeness (QED) is 0.843. The Hall–Kier alpha value is -0.650. The van der Waals surface area contributed by atoms with Crippen molar-refractivity contribution in [3.8, 4) is 0 Å². The smallest absolute Gasteiger partial charge is 0.240 e. The van der Waals surface area contributed by atoms with Gasteiger partial charge in [-0.3, -0.25) is 4.90 Å². The van der Waals surface area contributed by atoms with Crippen LogP contribution in [0.4, 0.5) is 0 Å². The van der Waals surface area contributed by atoms with E-state index in [0.29, 0.717) is 23.8 Å². The molecule has 0 aliphatic carbocycles. The van der Waals surface area contributed by atoms with Gasteiger partial charge in [-0.2, -0.15) is 4.98 Å². The van der Waals surface area contributed by atoms with E-state index in [9.17, 15) is 0 Å². The Balaban J connectivity index is 0.00000128. The molecule has 1 aliphatic heterocycles. The summed E-state index contributed by atoms with van der Waals surface area (Å²) in [5, 5.41) is 7.28. The Bertz CT molecular complexity index is 320. The predicted molar refractivity (Wildman–Crippen MR) is 63.6 cm³/mol. The molecule has 2 rings (SSSR count). The van der Waals surface area contributed by atoms with E-state index in [4.69, 9.17) is 4.52 Å². The number of nitrogens with one attached hydrogen (secondary N) is 1. The highest BCUT2D eigenvalue weighted by molar-refractivity contribution is 5.85. The number of halogens is 1. The molecule has 6 heteroatoms. The fourth-order valence-corrected chi connectivity index (χ4v) is 2.16. The molecule has 2 unspecified atom stereocenters. The van der Waals surface area contributed by atoms with Crippen LogP contribution in [-0.2, 0) is 6.54 Å². The third kappa shape index (κ3) is 3.43. The second-order valence-electron chi connectivity index (χ2n) is 4.40. The molecule has 2 atom stereocenters. The molecule has 0 radical (unpaired) electrons. The molecule has 5 nitrogen and oxygen atoms in total. The number of rotatable bonds is 2. The van der Waals surface area contributed by atoms with Crippen molar-refractivity contribution in [2.75, 3.05) is 13.1 Å². The Kier molecular flexibility index (Phi) is 4.70. The Morgan fingerprint density at radius 3 is 2.50 bits per heavy atom. The van der Waals surface area contributed by atoms with Crippen LogP contribution >= 0.6 is 12.4 Å². The lowest BCUT2D eigenvalue weighted by molar-refractivity contribution is 0.149. The average molecular weight is 247 g/mol. The summed E-state index contributed by atoms with van der Waals surface area (Å²) in [6.07, 6.45) is 0. The van der Waals surface area contributed by atoms with Crippen molar-refractivity contribution in [2.24, 2.45) is 0 Å². The Labute approximate surface area is 102 Å². The van der Waals surface area contributed by atoms with Crippen molar-refractivity contribution in [3.63, 3.8) is 0 Å².